The minimum atomic E-state index is 0.777. The van der Waals surface area contributed by atoms with Crippen molar-refractivity contribution in [2.75, 3.05) is 40.3 Å². The number of nitrogens with zero attached hydrogens (tertiary/aromatic N) is 2. The summed E-state index contributed by atoms with van der Waals surface area (Å²) in [6.07, 6.45) is 4.07. The molecule has 0 aromatic rings. The van der Waals surface area contributed by atoms with Crippen LogP contribution in [-0.4, -0.2) is 62.2 Å². The normalized spacial score (nSPS) is 30.6. The summed E-state index contributed by atoms with van der Waals surface area (Å²) in [7, 11) is 4.51. The van der Waals surface area contributed by atoms with Crippen molar-refractivity contribution in [3.8, 4) is 0 Å². The Hall–Kier alpha value is -0.120. The van der Waals surface area contributed by atoms with E-state index >= 15 is 0 Å². The van der Waals surface area contributed by atoms with Crippen molar-refractivity contribution in [2.45, 2.75) is 31.3 Å². The minimum absolute atomic E-state index is 0.777. The van der Waals surface area contributed by atoms with Gasteiger partial charge in [0.15, 0.2) is 0 Å². The van der Waals surface area contributed by atoms with Crippen molar-refractivity contribution in [2.24, 2.45) is 0 Å². The predicted octanol–water partition coefficient (Wildman–Crippen LogP) is 0.374. The van der Waals surface area contributed by atoms with Gasteiger partial charge < -0.3 is 15.1 Å². The Labute approximate surface area is 87.4 Å². The van der Waals surface area contributed by atoms with E-state index in [-0.39, 0.29) is 0 Å². The molecule has 2 rings (SSSR count). The van der Waals surface area contributed by atoms with Crippen molar-refractivity contribution in [1.29, 1.82) is 0 Å². The van der Waals surface area contributed by atoms with Crippen molar-refractivity contribution in [3.05, 3.63) is 0 Å². The van der Waals surface area contributed by atoms with Crippen LogP contribution in [0.2, 0.25) is 0 Å². The molecule has 0 saturated carbocycles. The first-order valence-electron chi connectivity index (χ1n) is 5.88. The molecular formula is C11H23N3. The number of hydrogen-bond donors (Lipinski definition) is 1. The highest BCUT2D eigenvalue weighted by Crippen LogP contribution is 2.15. The molecule has 3 nitrogen and oxygen atoms in total. The summed E-state index contributed by atoms with van der Waals surface area (Å²) in [6, 6.07) is 1.60. The first-order chi connectivity index (χ1) is 6.75. The summed E-state index contributed by atoms with van der Waals surface area (Å²) in [4.78, 5) is 5.00. The lowest BCUT2D eigenvalue weighted by atomic mass is 10.0. The number of rotatable bonds is 3. The first-order valence-corrected chi connectivity index (χ1v) is 5.88. The summed E-state index contributed by atoms with van der Waals surface area (Å²) < 4.78 is 0. The Morgan fingerprint density at radius 2 is 1.93 bits per heavy atom. The molecule has 2 aliphatic heterocycles. The molecular weight excluding hydrogens is 174 g/mol. The fraction of sp³-hybridized carbons (Fsp3) is 1.00. The molecule has 0 aromatic carbocycles. The third-order valence-corrected chi connectivity index (χ3v) is 3.75. The van der Waals surface area contributed by atoms with Crippen molar-refractivity contribution >= 4 is 0 Å². The van der Waals surface area contributed by atoms with Crippen LogP contribution < -0.4 is 5.32 Å². The van der Waals surface area contributed by atoms with Crippen LogP contribution in [0.25, 0.3) is 0 Å². The number of hydrogen-bond acceptors (Lipinski definition) is 3. The van der Waals surface area contributed by atoms with E-state index in [0.717, 1.165) is 12.1 Å². The van der Waals surface area contributed by atoms with E-state index in [4.69, 9.17) is 0 Å². The average molecular weight is 197 g/mol. The lowest BCUT2D eigenvalue weighted by Gasteiger charge is -2.39. The molecule has 1 N–H and O–H groups in total. The van der Waals surface area contributed by atoms with Gasteiger partial charge >= 0.3 is 0 Å². The predicted molar refractivity (Wildman–Crippen MR) is 59.6 cm³/mol. The molecule has 2 aliphatic rings. The van der Waals surface area contributed by atoms with Crippen molar-refractivity contribution < 1.29 is 0 Å². The Morgan fingerprint density at radius 3 is 2.43 bits per heavy atom. The molecule has 0 bridgehead atoms. The second kappa shape index (κ2) is 4.60. The van der Waals surface area contributed by atoms with Gasteiger partial charge in [0.05, 0.1) is 0 Å². The Morgan fingerprint density at radius 1 is 1.29 bits per heavy atom. The lowest BCUT2D eigenvalue weighted by Crippen LogP contribution is -2.52. The molecule has 0 spiro atoms. The number of likely N-dealkylation sites (N-methyl/N-ethyl adjacent to an activating group) is 1. The second-order valence-electron chi connectivity index (χ2n) is 4.91. The van der Waals surface area contributed by atoms with Crippen LogP contribution >= 0.6 is 0 Å². The van der Waals surface area contributed by atoms with Gasteiger partial charge in [-0.05, 0) is 53.0 Å². The van der Waals surface area contributed by atoms with E-state index in [1.807, 2.05) is 0 Å². The van der Waals surface area contributed by atoms with Crippen molar-refractivity contribution in [3.63, 3.8) is 0 Å². The van der Waals surface area contributed by atoms with Gasteiger partial charge in [-0.15, -0.1) is 0 Å². The van der Waals surface area contributed by atoms with Gasteiger partial charge in [-0.2, -0.15) is 0 Å². The van der Waals surface area contributed by atoms with E-state index in [2.05, 4.69) is 29.2 Å². The van der Waals surface area contributed by atoms with Crippen LogP contribution in [0.15, 0.2) is 0 Å². The highest BCUT2D eigenvalue weighted by atomic mass is 15.2. The third kappa shape index (κ3) is 2.47. The Bertz CT molecular complexity index is 171. The summed E-state index contributed by atoms with van der Waals surface area (Å²) in [6.45, 7) is 5.01. The molecule has 2 heterocycles. The van der Waals surface area contributed by atoms with Crippen LogP contribution in [0.3, 0.4) is 0 Å². The topological polar surface area (TPSA) is 18.5 Å². The molecule has 0 aliphatic carbocycles. The molecule has 1 unspecified atom stereocenters. The zero-order valence-corrected chi connectivity index (χ0v) is 9.50. The maximum atomic E-state index is 3.47. The molecule has 82 valence electrons. The minimum Gasteiger partial charge on any atom is -0.313 e. The number of nitrogens with one attached hydrogen (secondary N) is 1. The standard InChI is InChI=1S/C11H23N3/c1-13-7-4-11(5-8-13)14(2)9-10-3-6-12-10/h10-12H,3-9H2,1-2H3. The monoisotopic (exact) mass is 197 g/mol. The summed E-state index contributed by atoms with van der Waals surface area (Å²) in [5.74, 6) is 0. The Kier molecular flexibility index (Phi) is 3.42. The van der Waals surface area contributed by atoms with Gasteiger partial charge in [-0.25, -0.2) is 0 Å². The van der Waals surface area contributed by atoms with E-state index < -0.39 is 0 Å². The molecule has 2 saturated heterocycles. The van der Waals surface area contributed by atoms with E-state index in [0.29, 0.717) is 0 Å². The zero-order chi connectivity index (χ0) is 9.97. The fourth-order valence-corrected chi connectivity index (χ4v) is 2.44. The zero-order valence-electron chi connectivity index (χ0n) is 9.50. The molecule has 0 amide bonds. The second-order valence-corrected chi connectivity index (χ2v) is 4.91. The molecule has 1 atom stereocenters. The third-order valence-electron chi connectivity index (χ3n) is 3.75. The SMILES string of the molecule is CN1CCC(N(C)CC2CCN2)CC1. The van der Waals surface area contributed by atoms with Crippen LogP contribution in [0.4, 0.5) is 0 Å². The van der Waals surface area contributed by atoms with E-state index in [1.54, 1.807) is 0 Å². The average Bonchev–Trinajstić information content (AvgIpc) is 2.12. The summed E-state index contributed by atoms with van der Waals surface area (Å²) in [5.41, 5.74) is 0. The van der Waals surface area contributed by atoms with Crippen LogP contribution in [0.5, 0.6) is 0 Å². The quantitative estimate of drug-likeness (QED) is 0.705. The molecule has 0 radical (unpaired) electrons. The lowest BCUT2D eigenvalue weighted by molar-refractivity contribution is 0.124. The summed E-state index contributed by atoms with van der Waals surface area (Å²) >= 11 is 0. The van der Waals surface area contributed by atoms with Gasteiger partial charge in [0, 0.05) is 18.6 Å². The summed E-state index contributed by atoms with van der Waals surface area (Å²) in [5, 5.41) is 3.47. The Balaban J connectivity index is 1.71. The van der Waals surface area contributed by atoms with Gasteiger partial charge in [0.25, 0.3) is 0 Å². The van der Waals surface area contributed by atoms with Gasteiger partial charge in [-0.3, -0.25) is 0 Å². The molecule has 0 aromatic heterocycles. The smallest absolute Gasteiger partial charge is 0.0207 e. The van der Waals surface area contributed by atoms with Crippen molar-refractivity contribution in [1.82, 2.24) is 15.1 Å². The van der Waals surface area contributed by atoms with E-state index in [9.17, 15) is 0 Å². The maximum absolute atomic E-state index is 3.47. The highest BCUT2D eigenvalue weighted by molar-refractivity contribution is 4.84. The molecule has 14 heavy (non-hydrogen) atoms. The highest BCUT2D eigenvalue weighted by Gasteiger charge is 2.24. The van der Waals surface area contributed by atoms with E-state index in [1.165, 1.54) is 45.4 Å². The maximum Gasteiger partial charge on any atom is 0.0207 e. The largest absolute Gasteiger partial charge is 0.313 e. The fourth-order valence-electron chi connectivity index (χ4n) is 2.44. The first kappa shape index (κ1) is 10.4. The van der Waals surface area contributed by atoms with Gasteiger partial charge in [-0.1, -0.05) is 0 Å². The van der Waals surface area contributed by atoms with Gasteiger partial charge in [0.2, 0.25) is 0 Å². The number of likely N-dealkylation sites (tertiary alicyclic amines) is 1. The van der Waals surface area contributed by atoms with Crippen LogP contribution in [0.1, 0.15) is 19.3 Å². The number of piperidine rings is 1. The molecule has 3 heteroatoms. The molecule has 2 fully saturated rings. The van der Waals surface area contributed by atoms with Gasteiger partial charge in [0.1, 0.15) is 0 Å². The van der Waals surface area contributed by atoms with Crippen LogP contribution in [-0.2, 0) is 0 Å². The van der Waals surface area contributed by atoms with Crippen LogP contribution in [0, 0.1) is 0 Å².